The third-order valence-electron chi connectivity index (χ3n) is 4.32. The van der Waals surface area contributed by atoms with E-state index in [0.717, 1.165) is 38.9 Å². The van der Waals surface area contributed by atoms with Gasteiger partial charge >= 0.3 is 5.97 Å². The first-order valence-corrected chi connectivity index (χ1v) is 8.67. The van der Waals surface area contributed by atoms with Crippen LogP contribution in [0, 0.1) is 20.8 Å². The van der Waals surface area contributed by atoms with Crippen LogP contribution in [0.5, 0.6) is 5.75 Å². The molecule has 0 radical (unpaired) electrons. The molecule has 0 aliphatic heterocycles. The lowest BCUT2D eigenvalue weighted by atomic mass is 9.96. The number of aryl methyl sites for hydroxylation is 3. The summed E-state index contributed by atoms with van der Waals surface area (Å²) in [5, 5.41) is 1.38. The number of aromatic nitrogens is 1. The SMILES string of the molecule is CCC(=O)Oc1c(-c2ccccc2C)c(C)nc2cc(C)c(Cl)cc12. The number of halogens is 1. The van der Waals surface area contributed by atoms with Gasteiger partial charge in [0.05, 0.1) is 5.52 Å². The van der Waals surface area contributed by atoms with E-state index in [2.05, 4.69) is 0 Å². The second-order valence-electron chi connectivity index (χ2n) is 6.16. The van der Waals surface area contributed by atoms with Crippen molar-refractivity contribution >= 4 is 28.5 Å². The summed E-state index contributed by atoms with van der Waals surface area (Å²) < 4.78 is 5.76. The Hall–Kier alpha value is -2.39. The summed E-state index contributed by atoms with van der Waals surface area (Å²) in [6.07, 6.45) is 0.301. The molecule has 3 aromatic rings. The van der Waals surface area contributed by atoms with E-state index in [4.69, 9.17) is 21.3 Å². The van der Waals surface area contributed by atoms with Crippen molar-refractivity contribution in [2.75, 3.05) is 0 Å². The molecular formula is C21H20ClNO2. The average Bonchev–Trinajstić information content (AvgIpc) is 2.58. The minimum atomic E-state index is -0.279. The van der Waals surface area contributed by atoms with E-state index >= 15 is 0 Å². The topological polar surface area (TPSA) is 39.2 Å². The number of carbonyl (C=O) groups excluding carboxylic acids is 1. The molecule has 0 fully saturated rings. The molecule has 4 heteroatoms. The van der Waals surface area contributed by atoms with Crippen LogP contribution in [-0.2, 0) is 4.79 Å². The standard InChI is InChI=1S/C21H20ClNO2/c1-5-19(24)25-21-16-11-17(22)13(3)10-18(16)23-14(4)20(21)15-9-7-6-8-12(15)2/h6-11H,5H2,1-4H3. The first-order valence-electron chi connectivity index (χ1n) is 8.29. The van der Waals surface area contributed by atoms with Crippen molar-refractivity contribution in [3.05, 3.63) is 58.2 Å². The predicted octanol–water partition coefficient (Wildman–Crippen LogP) is 5.80. The van der Waals surface area contributed by atoms with Crippen LogP contribution < -0.4 is 4.74 Å². The molecule has 0 saturated carbocycles. The van der Waals surface area contributed by atoms with Gasteiger partial charge in [-0.25, -0.2) is 0 Å². The van der Waals surface area contributed by atoms with Gasteiger partial charge in [0.15, 0.2) is 0 Å². The summed E-state index contributed by atoms with van der Waals surface area (Å²) in [4.78, 5) is 16.8. The van der Waals surface area contributed by atoms with Gasteiger partial charge in [0, 0.05) is 28.1 Å². The second-order valence-corrected chi connectivity index (χ2v) is 6.57. The Kier molecular flexibility index (Phi) is 4.78. The van der Waals surface area contributed by atoms with Crippen molar-refractivity contribution in [2.45, 2.75) is 34.1 Å². The van der Waals surface area contributed by atoms with E-state index in [-0.39, 0.29) is 5.97 Å². The Morgan fingerprint density at radius 1 is 1.12 bits per heavy atom. The van der Waals surface area contributed by atoms with Crippen LogP contribution in [0.3, 0.4) is 0 Å². The normalized spacial score (nSPS) is 10.9. The molecule has 1 aromatic heterocycles. The molecule has 0 amide bonds. The van der Waals surface area contributed by atoms with Crippen LogP contribution in [-0.4, -0.2) is 11.0 Å². The molecule has 0 aliphatic carbocycles. The zero-order valence-electron chi connectivity index (χ0n) is 14.8. The number of benzene rings is 2. The predicted molar refractivity (Wildman–Crippen MR) is 102 cm³/mol. The van der Waals surface area contributed by atoms with Crippen LogP contribution in [0.2, 0.25) is 5.02 Å². The summed E-state index contributed by atoms with van der Waals surface area (Å²) in [6, 6.07) is 11.8. The van der Waals surface area contributed by atoms with Gasteiger partial charge in [-0.2, -0.15) is 0 Å². The highest BCUT2D eigenvalue weighted by molar-refractivity contribution is 6.32. The molecule has 0 atom stereocenters. The minimum Gasteiger partial charge on any atom is -0.425 e. The lowest BCUT2D eigenvalue weighted by Gasteiger charge is -2.17. The first kappa shape index (κ1) is 17.4. The quantitative estimate of drug-likeness (QED) is 0.559. The molecule has 3 rings (SSSR count). The molecule has 128 valence electrons. The van der Waals surface area contributed by atoms with Crippen LogP contribution >= 0.6 is 11.6 Å². The minimum absolute atomic E-state index is 0.279. The summed E-state index contributed by atoms with van der Waals surface area (Å²) >= 11 is 6.33. The summed E-state index contributed by atoms with van der Waals surface area (Å²) in [7, 11) is 0. The number of fused-ring (bicyclic) bond motifs is 1. The number of carbonyl (C=O) groups is 1. The zero-order valence-corrected chi connectivity index (χ0v) is 15.6. The van der Waals surface area contributed by atoms with E-state index in [1.807, 2.05) is 57.2 Å². The number of ether oxygens (including phenoxy) is 1. The largest absolute Gasteiger partial charge is 0.425 e. The van der Waals surface area contributed by atoms with Crippen molar-refractivity contribution in [1.82, 2.24) is 4.98 Å². The van der Waals surface area contributed by atoms with Gasteiger partial charge in [-0.3, -0.25) is 9.78 Å². The Labute approximate surface area is 152 Å². The van der Waals surface area contributed by atoms with Crippen molar-refractivity contribution < 1.29 is 9.53 Å². The van der Waals surface area contributed by atoms with Crippen LogP contribution in [0.15, 0.2) is 36.4 Å². The van der Waals surface area contributed by atoms with E-state index < -0.39 is 0 Å². The van der Waals surface area contributed by atoms with Gasteiger partial charge in [-0.05, 0) is 49.6 Å². The van der Waals surface area contributed by atoms with Crippen molar-refractivity contribution in [3.63, 3.8) is 0 Å². The highest BCUT2D eigenvalue weighted by Crippen LogP contribution is 2.41. The summed E-state index contributed by atoms with van der Waals surface area (Å²) in [5.74, 6) is 0.254. The molecule has 25 heavy (non-hydrogen) atoms. The zero-order chi connectivity index (χ0) is 18.1. The van der Waals surface area contributed by atoms with Crippen molar-refractivity contribution in [2.24, 2.45) is 0 Å². The number of nitrogens with zero attached hydrogens (tertiary/aromatic N) is 1. The molecule has 2 aromatic carbocycles. The van der Waals surface area contributed by atoms with Gasteiger partial charge < -0.3 is 4.74 Å². The number of hydrogen-bond acceptors (Lipinski definition) is 3. The lowest BCUT2D eigenvalue weighted by molar-refractivity contribution is -0.133. The average molecular weight is 354 g/mol. The lowest BCUT2D eigenvalue weighted by Crippen LogP contribution is -2.09. The van der Waals surface area contributed by atoms with Crippen molar-refractivity contribution in [3.8, 4) is 16.9 Å². The maximum Gasteiger partial charge on any atom is 0.310 e. The third kappa shape index (κ3) is 3.24. The molecule has 0 unspecified atom stereocenters. The fourth-order valence-corrected chi connectivity index (χ4v) is 3.10. The van der Waals surface area contributed by atoms with Crippen LogP contribution in [0.1, 0.15) is 30.2 Å². The van der Waals surface area contributed by atoms with E-state index in [9.17, 15) is 4.79 Å². The Balaban J connectivity index is 2.40. The highest BCUT2D eigenvalue weighted by atomic mass is 35.5. The highest BCUT2D eigenvalue weighted by Gasteiger charge is 2.20. The van der Waals surface area contributed by atoms with Crippen LogP contribution in [0.25, 0.3) is 22.0 Å². The van der Waals surface area contributed by atoms with E-state index in [0.29, 0.717) is 17.2 Å². The number of pyridine rings is 1. The number of rotatable bonds is 3. The smallest absolute Gasteiger partial charge is 0.310 e. The first-order chi connectivity index (χ1) is 11.9. The molecule has 0 saturated heterocycles. The Morgan fingerprint density at radius 3 is 2.52 bits per heavy atom. The number of esters is 1. The van der Waals surface area contributed by atoms with Gasteiger partial charge in [0.25, 0.3) is 0 Å². The van der Waals surface area contributed by atoms with Gasteiger partial charge in [-0.1, -0.05) is 42.8 Å². The van der Waals surface area contributed by atoms with Gasteiger partial charge in [-0.15, -0.1) is 0 Å². The van der Waals surface area contributed by atoms with E-state index in [1.165, 1.54) is 0 Å². The molecule has 3 nitrogen and oxygen atoms in total. The molecular weight excluding hydrogens is 334 g/mol. The summed E-state index contributed by atoms with van der Waals surface area (Å²) in [6.45, 7) is 7.69. The Morgan fingerprint density at radius 2 is 1.84 bits per heavy atom. The fourth-order valence-electron chi connectivity index (χ4n) is 2.94. The molecule has 1 heterocycles. The Bertz CT molecular complexity index is 979. The van der Waals surface area contributed by atoms with Gasteiger partial charge in [0.2, 0.25) is 0 Å². The second kappa shape index (κ2) is 6.85. The fraction of sp³-hybridized carbons (Fsp3) is 0.238. The van der Waals surface area contributed by atoms with E-state index in [1.54, 1.807) is 6.92 Å². The maximum absolute atomic E-state index is 12.1. The molecule has 0 N–H and O–H groups in total. The molecule has 0 spiro atoms. The molecule has 0 aliphatic rings. The summed E-state index contributed by atoms with van der Waals surface area (Å²) in [5.41, 5.74) is 5.48. The monoisotopic (exact) mass is 353 g/mol. The third-order valence-corrected chi connectivity index (χ3v) is 4.72. The van der Waals surface area contributed by atoms with Crippen molar-refractivity contribution in [1.29, 1.82) is 0 Å². The maximum atomic E-state index is 12.1. The number of hydrogen-bond donors (Lipinski definition) is 0. The molecule has 0 bridgehead atoms. The van der Waals surface area contributed by atoms with Gasteiger partial charge in [0.1, 0.15) is 5.75 Å². The van der Waals surface area contributed by atoms with Crippen LogP contribution in [0.4, 0.5) is 0 Å².